The van der Waals surface area contributed by atoms with Crippen molar-refractivity contribution >= 4 is 0 Å². The summed E-state index contributed by atoms with van der Waals surface area (Å²) in [7, 11) is 0. The highest BCUT2D eigenvalue weighted by atomic mass is 19.1. The Morgan fingerprint density at radius 1 is 1.44 bits per heavy atom. The maximum Gasteiger partial charge on any atom is 0.126 e. The Balaban J connectivity index is 2.20. The van der Waals surface area contributed by atoms with Crippen LogP contribution in [0.4, 0.5) is 4.39 Å². The Hall–Kier alpha value is -0.930. The molecule has 0 aliphatic carbocycles. The van der Waals surface area contributed by atoms with Crippen molar-refractivity contribution in [1.82, 2.24) is 5.32 Å². The molecule has 0 aromatic heterocycles. The first-order chi connectivity index (χ1) is 7.48. The molecule has 2 rings (SSSR count). The second kappa shape index (κ2) is 4.15. The standard InChI is InChI=1S/C13H18FNO/c1-9-6-10(4-5-11(9)14)12-7-15-8-13(2,3)16-12/h4-6,12,15H,7-8H2,1-3H3. The number of halogens is 1. The Labute approximate surface area is 95.8 Å². The van der Waals surface area contributed by atoms with Crippen molar-refractivity contribution in [3.63, 3.8) is 0 Å². The molecule has 0 saturated carbocycles. The van der Waals surface area contributed by atoms with Gasteiger partial charge >= 0.3 is 0 Å². The van der Waals surface area contributed by atoms with Gasteiger partial charge in [0.1, 0.15) is 5.82 Å². The molecule has 1 atom stereocenters. The summed E-state index contributed by atoms with van der Waals surface area (Å²) in [6.07, 6.45) is 0.0167. The van der Waals surface area contributed by atoms with Crippen molar-refractivity contribution < 1.29 is 9.13 Å². The monoisotopic (exact) mass is 223 g/mol. The molecule has 1 aromatic carbocycles. The average molecular weight is 223 g/mol. The maximum absolute atomic E-state index is 13.2. The zero-order valence-electron chi connectivity index (χ0n) is 10.0. The summed E-state index contributed by atoms with van der Waals surface area (Å²) in [6, 6.07) is 5.18. The molecule has 1 aliphatic rings. The van der Waals surface area contributed by atoms with E-state index in [1.165, 1.54) is 6.07 Å². The van der Waals surface area contributed by atoms with Crippen LogP contribution < -0.4 is 5.32 Å². The third-order valence-electron chi connectivity index (χ3n) is 2.90. The molecule has 0 spiro atoms. The number of rotatable bonds is 1. The molecule has 1 aliphatic heterocycles. The number of aryl methyl sites for hydroxylation is 1. The fraction of sp³-hybridized carbons (Fsp3) is 0.538. The van der Waals surface area contributed by atoms with Gasteiger partial charge in [-0.15, -0.1) is 0 Å². The lowest BCUT2D eigenvalue weighted by Gasteiger charge is -2.37. The average Bonchev–Trinajstić information content (AvgIpc) is 2.20. The Morgan fingerprint density at radius 3 is 2.81 bits per heavy atom. The van der Waals surface area contributed by atoms with E-state index in [2.05, 4.69) is 19.2 Å². The SMILES string of the molecule is Cc1cc(C2CNCC(C)(C)O2)ccc1F. The molecular weight excluding hydrogens is 205 g/mol. The third-order valence-corrected chi connectivity index (χ3v) is 2.90. The topological polar surface area (TPSA) is 21.3 Å². The fourth-order valence-corrected chi connectivity index (χ4v) is 2.03. The summed E-state index contributed by atoms with van der Waals surface area (Å²) >= 11 is 0. The van der Waals surface area contributed by atoms with Gasteiger partial charge in [-0.25, -0.2) is 4.39 Å². The predicted molar refractivity (Wildman–Crippen MR) is 61.9 cm³/mol. The first kappa shape index (κ1) is 11.6. The normalized spacial score (nSPS) is 24.4. The number of hydrogen-bond donors (Lipinski definition) is 1. The van der Waals surface area contributed by atoms with E-state index in [9.17, 15) is 4.39 Å². The quantitative estimate of drug-likeness (QED) is 0.790. The van der Waals surface area contributed by atoms with Crippen molar-refractivity contribution in [2.24, 2.45) is 0 Å². The van der Waals surface area contributed by atoms with Crippen molar-refractivity contribution in [1.29, 1.82) is 0 Å². The lowest BCUT2D eigenvalue weighted by atomic mass is 10.0. The van der Waals surface area contributed by atoms with E-state index < -0.39 is 0 Å². The first-order valence-electron chi connectivity index (χ1n) is 5.62. The fourth-order valence-electron chi connectivity index (χ4n) is 2.03. The summed E-state index contributed by atoms with van der Waals surface area (Å²) < 4.78 is 19.1. The summed E-state index contributed by atoms with van der Waals surface area (Å²) in [5.74, 6) is -0.160. The highest BCUT2D eigenvalue weighted by Crippen LogP contribution is 2.27. The molecular formula is C13H18FNO. The second-order valence-electron chi connectivity index (χ2n) is 5.01. The van der Waals surface area contributed by atoms with Gasteiger partial charge in [0.15, 0.2) is 0 Å². The maximum atomic E-state index is 13.2. The predicted octanol–water partition coefficient (Wildman–Crippen LogP) is 2.57. The Morgan fingerprint density at radius 2 is 2.19 bits per heavy atom. The van der Waals surface area contributed by atoms with Crippen LogP contribution >= 0.6 is 0 Å². The van der Waals surface area contributed by atoms with Gasteiger partial charge < -0.3 is 10.1 Å². The molecule has 1 heterocycles. The summed E-state index contributed by atoms with van der Waals surface area (Å²) in [5.41, 5.74) is 1.55. The van der Waals surface area contributed by atoms with E-state index in [1.54, 1.807) is 13.0 Å². The van der Waals surface area contributed by atoms with Crippen LogP contribution in [0.15, 0.2) is 18.2 Å². The number of benzene rings is 1. The molecule has 1 unspecified atom stereocenters. The van der Waals surface area contributed by atoms with Gasteiger partial charge in [-0.05, 0) is 38.0 Å². The molecule has 88 valence electrons. The van der Waals surface area contributed by atoms with Crippen LogP contribution in [0.2, 0.25) is 0 Å². The highest BCUT2D eigenvalue weighted by molar-refractivity contribution is 5.26. The second-order valence-corrected chi connectivity index (χ2v) is 5.01. The third kappa shape index (κ3) is 2.42. The molecule has 0 bridgehead atoms. The van der Waals surface area contributed by atoms with Crippen molar-refractivity contribution in [2.45, 2.75) is 32.5 Å². The van der Waals surface area contributed by atoms with Crippen molar-refractivity contribution in [2.75, 3.05) is 13.1 Å². The highest BCUT2D eigenvalue weighted by Gasteiger charge is 2.29. The molecule has 1 aromatic rings. The van der Waals surface area contributed by atoms with Gasteiger partial charge in [0.2, 0.25) is 0 Å². The number of morpholine rings is 1. The van der Waals surface area contributed by atoms with E-state index in [0.29, 0.717) is 5.56 Å². The van der Waals surface area contributed by atoms with Gasteiger partial charge in [0, 0.05) is 13.1 Å². The van der Waals surface area contributed by atoms with Crippen LogP contribution in [0.1, 0.15) is 31.1 Å². The molecule has 1 saturated heterocycles. The first-order valence-corrected chi connectivity index (χ1v) is 5.62. The van der Waals surface area contributed by atoms with Gasteiger partial charge in [-0.2, -0.15) is 0 Å². The van der Waals surface area contributed by atoms with Crippen molar-refractivity contribution in [3.05, 3.63) is 35.1 Å². The molecule has 3 heteroatoms. The van der Waals surface area contributed by atoms with Gasteiger partial charge in [0.25, 0.3) is 0 Å². The molecule has 1 fully saturated rings. The number of hydrogen-bond acceptors (Lipinski definition) is 2. The van der Waals surface area contributed by atoms with Crippen LogP contribution in [-0.4, -0.2) is 18.7 Å². The zero-order chi connectivity index (χ0) is 11.8. The summed E-state index contributed by atoms with van der Waals surface area (Å²) in [5, 5.41) is 3.34. The van der Waals surface area contributed by atoms with E-state index >= 15 is 0 Å². The van der Waals surface area contributed by atoms with Gasteiger partial charge in [-0.3, -0.25) is 0 Å². The van der Waals surface area contributed by atoms with Crippen LogP contribution in [0.3, 0.4) is 0 Å². The molecule has 2 nitrogen and oxygen atoms in total. The minimum atomic E-state index is -0.162. The smallest absolute Gasteiger partial charge is 0.126 e. The van der Waals surface area contributed by atoms with Gasteiger partial charge in [0.05, 0.1) is 11.7 Å². The van der Waals surface area contributed by atoms with E-state index in [-0.39, 0.29) is 17.5 Å². The Kier molecular flexibility index (Phi) is 3.00. The zero-order valence-corrected chi connectivity index (χ0v) is 10.0. The number of nitrogens with one attached hydrogen (secondary N) is 1. The van der Waals surface area contributed by atoms with Crippen LogP contribution in [-0.2, 0) is 4.74 Å². The van der Waals surface area contributed by atoms with Crippen LogP contribution in [0.25, 0.3) is 0 Å². The minimum Gasteiger partial charge on any atom is -0.365 e. The molecule has 0 radical (unpaired) electrons. The largest absolute Gasteiger partial charge is 0.365 e. The van der Waals surface area contributed by atoms with Gasteiger partial charge in [-0.1, -0.05) is 12.1 Å². The molecule has 16 heavy (non-hydrogen) atoms. The summed E-state index contributed by atoms with van der Waals surface area (Å²) in [6.45, 7) is 7.53. The van der Waals surface area contributed by atoms with E-state index in [4.69, 9.17) is 4.74 Å². The van der Waals surface area contributed by atoms with E-state index in [1.807, 2.05) is 6.07 Å². The lowest BCUT2D eigenvalue weighted by Crippen LogP contribution is -2.46. The van der Waals surface area contributed by atoms with E-state index in [0.717, 1.165) is 18.7 Å². The van der Waals surface area contributed by atoms with Crippen molar-refractivity contribution in [3.8, 4) is 0 Å². The molecule has 0 amide bonds. The van der Waals surface area contributed by atoms with Crippen LogP contribution in [0.5, 0.6) is 0 Å². The summed E-state index contributed by atoms with van der Waals surface area (Å²) in [4.78, 5) is 0. The minimum absolute atomic E-state index is 0.0167. The number of ether oxygens (including phenoxy) is 1. The molecule has 1 N–H and O–H groups in total. The Bertz CT molecular complexity index is 390. The lowest BCUT2D eigenvalue weighted by molar-refractivity contribution is -0.0959. The van der Waals surface area contributed by atoms with Crippen LogP contribution in [0, 0.1) is 12.7 Å².